The zero-order valence-electron chi connectivity index (χ0n) is 14.7. The minimum atomic E-state index is -0.0625. The van der Waals surface area contributed by atoms with Crippen molar-refractivity contribution in [3.8, 4) is 5.75 Å². The maximum Gasteiger partial charge on any atom is 0.255 e. The van der Waals surface area contributed by atoms with Crippen molar-refractivity contribution in [3.63, 3.8) is 0 Å². The average Bonchev–Trinajstić information content (AvgIpc) is 3.34. The monoisotopic (exact) mass is 358 g/mol. The lowest BCUT2D eigenvalue weighted by atomic mass is 10.1. The molecule has 1 unspecified atom stereocenters. The zero-order valence-corrected chi connectivity index (χ0v) is 15.6. The first-order chi connectivity index (χ1) is 12.3. The van der Waals surface area contributed by atoms with Gasteiger partial charge in [-0.1, -0.05) is 25.1 Å². The molecule has 3 rings (SSSR count). The van der Waals surface area contributed by atoms with Gasteiger partial charge in [-0.2, -0.15) is 0 Å². The van der Waals surface area contributed by atoms with Gasteiger partial charge in [0, 0.05) is 11.4 Å². The second kappa shape index (κ2) is 9.02. The number of amides is 1. The second-order valence-corrected chi connectivity index (χ2v) is 7.31. The molecule has 1 N–H and O–H groups in total. The quantitative estimate of drug-likeness (QED) is 0.772. The van der Waals surface area contributed by atoms with Crippen molar-refractivity contribution in [2.24, 2.45) is 0 Å². The SMILES string of the molecule is CCCOc1ccccc1C(=O)NCC(c1cccs1)N1CCCC1. The molecule has 0 saturated carbocycles. The third-order valence-corrected chi connectivity index (χ3v) is 5.48. The van der Waals surface area contributed by atoms with E-state index in [0.717, 1.165) is 19.5 Å². The number of hydrogen-bond donors (Lipinski definition) is 1. The molecule has 0 spiro atoms. The standard InChI is InChI=1S/C20H26N2O2S/c1-2-13-24-18-9-4-3-8-16(18)20(23)21-15-17(19-10-7-14-25-19)22-11-5-6-12-22/h3-4,7-10,14,17H,2,5-6,11-13,15H2,1H3,(H,21,23). The Hall–Kier alpha value is -1.85. The lowest BCUT2D eigenvalue weighted by Gasteiger charge is -2.27. The zero-order chi connectivity index (χ0) is 17.5. The molecule has 2 aromatic rings. The summed E-state index contributed by atoms with van der Waals surface area (Å²) in [5.74, 6) is 0.600. The van der Waals surface area contributed by atoms with Crippen molar-refractivity contribution >= 4 is 17.2 Å². The Bertz CT molecular complexity index is 666. The molecule has 1 amide bonds. The van der Waals surface area contributed by atoms with Gasteiger partial charge >= 0.3 is 0 Å². The first-order valence-corrected chi connectivity index (χ1v) is 9.95. The summed E-state index contributed by atoms with van der Waals surface area (Å²) in [6.07, 6.45) is 3.40. The van der Waals surface area contributed by atoms with E-state index in [1.54, 1.807) is 11.3 Å². The Labute approximate surface area is 153 Å². The number of carbonyl (C=O) groups is 1. The lowest BCUT2D eigenvalue weighted by Crippen LogP contribution is -2.36. The van der Waals surface area contributed by atoms with Crippen molar-refractivity contribution in [1.82, 2.24) is 10.2 Å². The summed E-state index contributed by atoms with van der Waals surface area (Å²) >= 11 is 1.76. The fourth-order valence-corrected chi connectivity index (χ4v) is 4.08. The summed E-state index contributed by atoms with van der Waals surface area (Å²) in [6, 6.07) is 12.0. The minimum Gasteiger partial charge on any atom is -0.493 e. The number of ether oxygens (including phenoxy) is 1. The first-order valence-electron chi connectivity index (χ1n) is 9.07. The molecular weight excluding hydrogens is 332 g/mol. The predicted octanol–water partition coefficient (Wildman–Crippen LogP) is 4.10. The van der Waals surface area contributed by atoms with Crippen molar-refractivity contribution < 1.29 is 9.53 Å². The van der Waals surface area contributed by atoms with Gasteiger partial charge in [0.15, 0.2) is 0 Å². The third-order valence-electron chi connectivity index (χ3n) is 4.50. The maximum absolute atomic E-state index is 12.7. The van der Waals surface area contributed by atoms with Crippen molar-refractivity contribution in [2.75, 3.05) is 26.2 Å². The van der Waals surface area contributed by atoms with Gasteiger partial charge in [0.1, 0.15) is 5.75 Å². The predicted molar refractivity (Wildman–Crippen MR) is 102 cm³/mol. The molecule has 1 aromatic carbocycles. The Morgan fingerprint density at radius 2 is 2.04 bits per heavy atom. The summed E-state index contributed by atoms with van der Waals surface area (Å²) in [5, 5.41) is 5.23. The lowest BCUT2D eigenvalue weighted by molar-refractivity contribution is 0.0934. The van der Waals surface area contributed by atoms with Gasteiger partial charge in [0.05, 0.1) is 18.2 Å². The van der Waals surface area contributed by atoms with Crippen LogP contribution in [0.1, 0.15) is 47.5 Å². The van der Waals surface area contributed by atoms with Gasteiger partial charge in [-0.05, 0) is 55.9 Å². The topological polar surface area (TPSA) is 41.6 Å². The third kappa shape index (κ3) is 4.61. The average molecular weight is 359 g/mol. The molecule has 4 nitrogen and oxygen atoms in total. The van der Waals surface area contributed by atoms with E-state index < -0.39 is 0 Å². The maximum atomic E-state index is 12.7. The highest BCUT2D eigenvalue weighted by Crippen LogP contribution is 2.28. The van der Waals surface area contributed by atoms with Crippen LogP contribution in [-0.2, 0) is 0 Å². The summed E-state index contributed by atoms with van der Waals surface area (Å²) in [5.41, 5.74) is 0.613. The van der Waals surface area contributed by atoms with Crippen LogP contribution in [0.15, 0.2) is 41.8 Å². The first kappa shape index (κ1) is 18.0. The van der Waals surface area contributed by atoms with Crippen LogP contribution >= 0.6 is 11.3 Å². The number of carbonyl (C=O) groups excluding carboxylic acids is 1. The molecule has 1 saturated heterocycles. The highest BCUT2D eigenvalue weighted by atomic mass is 32.1. The van der Waals surface area contributed by atoms with Gasteiger partial charge in [-0.3, -0.25) is 9.69 Å². The van der Waals surface area contributed by atoms with E-state index in [9.17, 15) is 4.79 Å². The van der Waals surface area contributed by atoms with E-state index in [-0.39, 0.29) is 11.9 Å². The van der Waals surface area contributed by atoms with Crippen molar-refractivity contribution in [3.05, 3.63) is 52.2 Å². The molecule has 0 radical (unpaired) electrons. The molecule has 1 aliphatic heterocycles. The molecule has 134 valence electrons. The molecule has 1 fully saturated rings. The Morgan fingerprint density at radius 1 is 1.24 bits per heavy atom. The van der Waals surface area contributed by atoms with E-state index >= 15 is 0 Å². The molecule has 1 aliphatic rings. The number of para-hydroxylation sites is 1. The Kier molecular flexibility index (Phi) is 6.48. The summed E-state index contributed by atoms with van der Waals surface area (Å²) < 4.78 is 5.72. The Morgan fingerprint density at radius 3 is 2.76 bits per heavy atom. The van der Waals surface area contributed by atoms with E-state index in [1.807, 2.05) is 24.3 Å². The molecule has 5 heteroatoms. The van der Waals surface area contributed by atoms with Crippen LogP contribution < -0.4 is 10.1 Å². The summed E-state index contributed by atoms with van der Waals surface area (Å²) in [4.78, 5) is 16.5. The van der Waals surface area contributed by atoms with Crippen LogP contribution in [0.2, 0.25) is 0 Å². The summed E-state index contributed by atoms with van der Waals surface area (Å²) in [6.45, 7) is 5.52. The van der Waals surface area contributed by atoms with Crippen LogP contribution in [0.25, 0.3) is 0 Å². The normalized spacial score (nSPS) is 15.9. The van der Waals surface area contributed by atoms with Gasteiger partial charge in [-0.15, -0.1) is 11.3 Å². The van der Waals surface area contributed by atoms with Gasteiger partial charge in [0.2, 0.25) is 0 Å². The number of rotatable bonds is 8. The molecular formula is C20H26N2O2S. The fraction of sp³-hybridized carbons (Fsp3) is 0.450. The van der Waals surface area contributed by atoms with E-state index in [1.165, 1.54) is 17.7 Å². The molecule has 2 heterocycles. The smallest absolute Gasteiger partial charge is 0.255 e. The number of nitrogens with zero attached hydrogens (tertiary/aromatic N) is 1. The van der Waals surface area contributed by atoms with E-state index in [4.69, 9.17) is 4.74 Å². The van der Waals surface area contributed by atoms with Crippen LogP contribution in [-0.4, -0.2) is 37.0 Å². The number of nitrogens with one attached hydrogen (secondary N) is 1. The van der Waals surface area contributed by atoms with Crippen molar-refractivity contribution in [2.45, 2.75) is 32.2 Å². The van der Waals surface area contributed by atoms with Crippen LogP contribution in [0.5, 0.6) is 5.75 Å². The van der Waals surface area contributed by atoms with E-state index in [2.05, 4.69) is 34.7 Å². The van der Waals surface area contributed by atoms with Crippen LogP contribution in [0.4, 0.5) is 0 Å². The second-order valence-electron chi connectivity index (χ2n) is 6.33. The highest BCUT2D eigenvalue weighted by Gasteiger charge is 2.25. The Balaban J connectivity index is 1.67. The van der Waals surface area contributed by atoms with Crippen LogP contribution in [0.3, 0.4) is 0 Å². The van der Waals surface area contributed by atoms with Gasteiger partial charge in [-0.25, -0.2) is 0 Å². The number of thiophene rings is 1. The van der Waals surface area contributed by atoms with E-state index in [0.29, 0.717) is 24.5 Å². The number of hydrogen-bond acceptors (Lipinski definition) is 4. The minimum absolute atomic E-state index is 0.0625. The summed E-state index contributed by atoms with van der Waals surface area (Å²) in [7, 11) is 0. The largest absolute Gasteiger partial charge is 0.493 e. The van der Waals surface area contributed by atoms with Gasteiger partial charge in [0.25, 0.3) is 5.91 Å². The molecule has 0 bridgehead atoms. The fourth-order valence-electron chi connectivity index (χ4n) is 3.22. The molecule has 1 aromatic heterocycles. The molecule has 0 aliphatic carbocycles. The van der Waals surface area contributed by atoms with Gasteiger partial charge < -0.3 is 10.1 Å². The number of benzene rings is 1. The highest BCUT2D eigenvalue weighted by molar-refractivity contribution is 7.10. The molecule has 25 heavy (non-hydrogen) atoms. The van der Waals surface area contributed by atoms with Crippen molar-refractivity contribution in [1.29, 1.82) is 0 Å². The van der Waals surface area contributed by atoms with Crippen LogP contribution in [0, 0.1) is 0 Å². The number of likely N-dealkylation sites (tertiary alicyclic amines) is 1. The molecule has 1 atom stereocenters.